The van der Waals surface area contributed by atoms with Crippen molar-refractivity contribution in [3.8, 4) is 11.5 Å². The monoisotopic (exact) mass is 235 g/mol. The van der Waals surface area contributed by atoms with Crippen molar-refractivity contribution in [1.29, 1.82) is 0 Å². The summed E-state index contributed by atoms with van der Waals surface area (Å²) in [7, 11) is 3.35. The van der Waals surface area contributed by atoms with Crippen molar-refractivity contribution in [2.24, 2.45) is 5.73 Å². The molecule has 3 heteroatoms. The number of nitrogens with two attached hydrogens (primary N) is 1. The van der Waals surface area contributed by atoms with Crippen LogP contribution in [-0.2, 0) is 12.0 Å². The first-order valence-corrected chi connectivity index (χ1v) is 6.19. The lowest BCUT2D eigenvalue weighted by molar-refractivity contribution is 0.240. The first kappa shape index (κ1) is 12.2. The van der Waals surface area contributed by atoms with E-state index in [0.717, 1.165) is 36.3 Å². The summed E-state index contributed by atoms with van der Waals surface area (Å²) in [4.78, 5) is 0. The molecule has 94 valence electrons. The molecule has 17 heavy (non-hydrogen) atoms. The van der Waals surface area contributed by atoms with Gasteiger partial charge in [0.2, 0.25) is 0 Å². The predicted molar refractivity (Wildman–Crippen MR) is 68.6 cm³/mol. The molecule has 0 spiro atoms. The van der Waals surface area contributed by atoms with E-state index in [1.165, 1.54) is 12.0 Å². The summed E-state index contributed by atoms with van der Waals surface area (Å²) >= 11 is 0. The van der Waals surface area contributed by atoms with Gasteiger partial charge in [-0.3, -0.25) is 0 Å². The highest BCUT2D eigenvalue weighted by Crippen LogP contribution is 2.46. The summed E-state index contributed by atoms with van der Waals surface area (Å²) in [6.45, 7) is 2.13. The molecule has 2 rings (SSSR count). The highest BCUT2D eigenvalue weighted by molar-refractivity contribution is 5.53. The van der Waals surface area contributed by atoms with Gasteiger partial charge < -0.3 is 15.2 Å². The van der Waals surface area contributed by atoms with E-state index in [1.54, 1.807) is 14.2 Å². The van der Waals surface area contributed by atoms with Gasteiger partial charge in [0.05, 0.1) is 14.2 Å². The standard InChI is InChI=1S/C14H21NO2/c1-4-10-8-11(14(15)6-5-7-14)13(17-3)12(9-10)16-2/h8-9H,4-7,15H2,1-3H3. The van der Waals surface area contributed by atoms with Gasteiger partial charge in [-0.05, 0) is 43.4 Å². The molecular formula is C14H21NO2. The van der Waals surface area contributed by atoms with Gasteiger partial charge in [0.25, 0.3) is 0 Å². The zero-order chi connectivity index (χ0) is 12.5. The molecule has 0 bridgehead atoms. The zero-order valence-corrected chi connectivity index (χ0v) is 10.9. The number of ether oxygens (including phenoxy) is 2. The van der Waals surface area contributed by atoms with Crippen LogP contribution in [0.5, 0.6) is 11.5 Å². The normalized spacial score (nSPS) is 17.4. The molecule has 3 nitrogen and oxygen atoms in total. The Labute approximate surface area is 103 Å². The average molecular weight is 235 g/mol. The maximum Gasteiger partial charge on any atom is 0.165 e. The Kier molecular flexibility index (Phi) is 3.29. The molecule has 0 radical (unpaired) electrons. The van der Waals surface area contributed by atoms with Crippen LogP contribution in [0.1, 0.15) is 37.3 Å². The number of hydrogen-bond acceptors (Lipinski definition) is 3. The van der Waals surface area contributed by atoms with Gasteiger partial charge in [0.15, 0.2) is 11.5 Å². The Bertz CT molecular complexity index is 411. The molecule has 0 atom stereocenters. The summed E-state index contributed by atoms with van der Waals surface area (Å²) in [5.74, 6) is 1.59. The third kappa shape index (κ3) is 2.00. The van der Waals surface area contributed by atoms with Crippen LogP contribution in [0.25, 0.3) is 0 Å². The van der Waals surface area contributed by atoms with Crippen LogP contribution >= 0.6 is 0 Å². The molecule has 1 aliphatic rings. The molecule has 1 fully saturated rings. The third-order valence-electron chi connectivity index (χ3n) is 3.73. The molecule has 0 heterocycles. The van der Waals surface area contributed by atoms with Gasteiger partial charge in [-0.25, -0.2) is 0 Å². The lowest BCUT2D eigenvalue weighted by Gasteiger charge is -2.39. The van der Waals surface area contributed by atoms with E-state index in [-0.39, 0.29) is 5.54 Å². The van der Waals surface area contributed by atoms with Crippen molar-refractivity contribution in [1.82, 2.24) is 0 Å². The summed E-state index contributed by atoms with van der Waals surface area (Å²) in [5, 5.41) is 0. The third-order valence-corrected chi connectivity index (χ3v) is 3.73. The second kappa shape index (κ2) is 4.57. The predicted octanol–water partition coefficient (Wildman–Crippen LogP) is 2.60. The number of rotatable bonds is 4. The fourth-order valence-corrected chi connectivity index (χ4v) is 2.42. The lowest BCUT2D eigenvalue weighted by Crippen LogP contribution is -2.43. The fourth-order valence-electron chi connectivity index (χ4n) is 2.42. The molecule has 0 aromatic heterocycles. The van der Waals surface area contributed by atoms with Crippen molar-refractivity contribution in [3.63, 3.8) is 0 Å². The second-order valence-electron chi connectivity index (χ2n) is 4.74. The van der Waals surface area contributed by atoms with Crippen molar-refractivity contribution in [3.05, 3.63) is 23.3 Å². The number of aryl methyl sites for hydroxylation is 1. The van der Waals surface area contributed by atoms with E-state index >= 15 is 0 Å². The van der Waals surface area contributed by atoms with Crippen LogP contribution in [-0.4, -0.2) is 14.2 Å². The molecule has 0 aliphatic heterocycles. The van der Waals surface area contributed by atoms with Crippen LogP contribution in [0.2, 0.25) is 0 Å². The summed E-state index contributed by atoms with van der Waals surface area (Å²) < 4.78 is 10.9. The minimum atomic E-state index is -0.218. The van der Waals surface area contributed by atoms with E-state index in [9.17, 15) is 0 Å². The molecule has 0 amide bonds. The molecule has 1 aromatic carbocycles. The molecule has 2 N–H and O–H groups in total. The molecule has 1 aliphatic carbocycles. The van der Waals surface area contributed by atoms with Gasteiger partial charge in [-0.1, -0.05) is 6.92 Å². The lowest BCUT2D eigenvalue weighted by atomic mass is 9.72. The highest BCUT2D eigenvalue weighted by Gasteiger charge is 2.37. The quantitative estimate of drug-likeness (QED) is 0.872. The van der Waals surface area contributed by atoms with Gasteiger partial charge in [0, 0.05) is 11.1 Å². The number of hydrogen-bond donors (Lipinski definition) is 1. The largest absolute Gasteiger partial charge is 0.493 e. The SMILES string of the molecule is CCc1cc(OC)c(OC)c(C2(N)CCC2)c1. The smallest absolute Gasteiger partial charge is 0.165 e. The van der Waals surface area contributed by atoms with Gasteiger partial charge in [-0.2, -0.15) is 0 Å². The van der Waals surface area contributed by atoms with Gasteiger partial charge in [-0.15, -0.1) is 0 Å². The fraction of sp³-hybridized carbons (Fsp3) is 0.571. The van der Waals surface area contributed by atoms with Crippen LogP contribution in [0, 0.1) is 0 Å². The average Bonchev–Trinajstić information content (AvgIpc) is 2.33. The highest BCUT2D eigenvalue weighted by atomic mass is 16.5. The summed E-state index contributed by atoms with van der Waals surface area (Å²) in [6.07, 6.45) is 4.22. The van der Waals surface area contributed by atoms with Crippen LogP contribution in [0.4, 0.5) is 0 Å². The van der Waals surface area contributed by atoms with Crippen molar-refractivity contribution in [2.75, 3.05) is 14.2 Å². The van der Waals surface area contributed by atoms with Crippen molar-refractivity contribution in [2.45, 2.75) is 38.1 Å². The van der Waals surface area contributed by atoms with E-state index in [4.69, 9.17) is 15.2 Å². The van der Waals surface area contributed by atoms with E-state index in [1.807, 2.05) is 6.07 Å². The molecule has 0 unspecified atom stereocenters. The van der Waals surface area contributed by atoms with Crippen LogP contribution in [0.3, 0.4) is 0 Å². The second-order valence-corrected chi connectivity index (χ2v) is 4.74. The molecule has 0 saturated heterocycles. The van der Waals surface area contributed by atoms with Crippen LogP contribution < -0.4 is 15.2 Å². The topological polar surface area (TPSA) is 44.5 Å². The van der Waals surface area contributed by atoms with Gasteiger partial charge in [0.1, 0.15) is 0 Å². The molecular weight excluding hydrogens is 214 g/mol. The Morgan fingerprint density at radius 2 is 1.94 bits per heavy atom. The first-order chi connectivity index (χ1) is 8.14. The first-order valence-electron chi connectivity index (χ1n) is 6.19. The van der Waals surface area contributed by atoms with Crippen molar-refractivity contribution >= 4 is 0 Å². The maximum atomic E-state index is 6.41. The minimum Gasteiger partial charge on any atom is -0.493 e. The Morgan fingerprint density at radius 1 is 1.24 bits per heavy atom. The van der Waals surface area contributed by atoms with Gasteiger partial charge >= 0.3 is 0 Å². The Morgan fingerprint density at radius 3 is 2.35 bits per heavy atom. The summed E-state index contributed by atoms with van der Waals surface area (Å²) in [5.41, 5.74) is 8.54. The minimum absolute atomic E-state index is 0.218. The Hall–Kier alpha value is -1.22. The summed E-state index contributed by atoms with van der Waals surface area (Å²) in [6, 6.07) is 4.20. The van der Waals surface area contributed by atoms with E-state index < -0.39 is 0 Å². The number of benzene rings is 1. The Balaban J connectivity index is 2.54. The van der Waals surface area contributed by atoms with Crippen LogP contribution in [0.15, 0.2) is 12.1 Å². The van der Waals surface area contributed by atoms with E-state index in [0.29, 0.717) is 0 Å². The number of methoxy groups -OCH3 is 2. The maximum absolute atomic E-state index is 6.41. The zero-order valence-electron chi connectivity index (χ0n) is 10.9. The van der Waals surface area contributed by atoms with Crippen molar-refractivity contribution < 1.29 is 9.47 Å². The molecule has 1 aromatic rings. The van der Waals surface area contributed by atoms with E-state index in [2.05, 4.69) is 13.0 Å². The molecule has 1 saturated carbocycles.